The summed E-state index contributed by atoms with van der Waals surface area (Å²) in [5, 5.41) is 20.7. The summed E-state index contributed by atoms with van der Waals surface area (Å²) in [4.78, 5) is 24.7. The molecule has 182 valence electrons. The third-order valence-corrected chi connectivity index (χ3v) is 6.05. The number of aliphatic hydroxyl groups is 1. The second-order valence-corrected chi connectivity index (χ2v) is 8.57. The molecule has 0 saturated carbocycles. The molecule has 1 saturated heterocycles. The number of aromatic nitrogens is 5. The summed E-state index contributed by atoms with van der Waals surface area (Å²) >= 11 is 0. The summed E-state index contributed by atoms with van der Waals surface area (Å²) in [6.45, 7) is 4.66. The molecule has 0 aromatic carbocycles. The van der Waals surface area contributed by atoms with E-state index in [0.717, 1.165) is 50.0 Å². The molecule has 5 N–H and O–H groups in total. The van der Waals surface area contributed by atoms with Gasteiger partial charge in [0.25, 0.3) is 0 Å². The molecular weight excluding hydrogens is 436 g/mol. The predicted molar refractivity (Wildman–Crippen MR) is 128 cm³/mol. The van der Waals surface area contributed by atoms with Crippen LogP contribution in [-0.4, -0.2) is 61.7 Å². The van der Waals surface area contributed by atoms with Gasteiger partial charge in [-0.25, -0.2) is 4.79 Å². The number of nitrogens with two attached hydrogens (primary N) is 1. The molecule has 11 heteroatoms. The van der Waals surface area contributed by atoms with Crippen LogP contribution >= 0.6 is 0 Å². The lowest BCUT2D eigenvalue weighted by atomic mass is 9.94. The third-order valence-electron chi connectivity index (χ3n) is 6.05. The van der Waals surface area contributed by atoms with E-state index in [9.17, 15) is 9.90 Å². The molecular formula is C23H32N8O3. The average molecular weight is 469 g/mol. The van der Waals surface area contributed by atoms with E-state index in [1.807, 2.05) is 6.20 Å². The number of pyridine rings is 1. The molecule has 1 aliphatic heterocycles. The van der Waals surface area contributed by atoms with Gasteiger partial charge in [-0.2, -0.15) is 15.1 Å². The number of hydrogen-bond donors (Lipinski definition) is 4. The first-order chi connectivity index (χ1) is 16.6. The number of anilines is 1. The van der Waals surface area contributed by atoms with Gasteiger partial charge in [-0.05, 0) is 50.4 Å². The number of nitrogens with one attached hydrogen (secondary N) is 2. The quantitative estimate of drug-likeness (QED) is 0.350. The zero-order valence-electron chi connectivity index (χ0n) is 19.4. The average Bonchev–Trinajstić information content (AvgIpc) is 3.23. The van der Waals surface area contributed by atoms with E-state index in [-0.39, 0.29) is 18.7 Å². The molecule has 0 bridgehead atoms. The number of ether oxygens (including phenoxy) is 1. The van der Waals surface area contributed by atoms with Crippen molar-refractivity contribution in [3.8, 4) is 6.01 Å². The summed E-state index contributed by atoms with van der Waals surface area (Å²) in [5.74, 6) is 0.973. The van der Waals surface area contributed by atoms with Gasteiger partial charge in [0.2, 0.25) is 0 Å². The monoisotopic (exact) mass is 468 g/mol. The largest absolute Gasteiger partial charge is 0.412 e. The molecule has 0 aliphatic carbocycles. The highest BCUT2D eigenvalue weighted by molar-refractivity contribution is 5.86. The van der Waals surface area contributed by atoms with Crippen molar-refractivity contribution in [1.82, 2.24) is 30.0 Å². The van der Waals surface area contributed by atoms with Crippen LogP contribution in [0, 0.1) is 0 Å². The minimum absolute atomic E-state index is 0.0104. The minimum Gasteiger partial charge on any atom is -0.396 e. The van der Waals surface area contributed by atoms with Crippen molar-refractivity contribution in [2.45, 2.75) is 57.5 Å². The summed E-state index contributed by atoms with van der Waals surface area (Å²) in [6.07, 6.45) is 7.05. The van der Waals surface area contributed by atoms with Crippen LogP contribution in [0.25, 0.3) is 11.0 Å². The van der Waals surface area contributed by atoms with Gasteiger partial charge in [0.15, 0.2) is 5.82 Å². The number of primary amides is 1. The van der Waals surface area contributed by atoms with E-state index in [0.29, 0.717) is 35.7 Å². The second kappa shape index (κ2) is 11.2. The van der Waals surface area contributed by atoms with E-state index in [1.165, 1.54) is 0 Å². The maximum Gasteiger partial charge on any atom is 0.412 e. The zero-order chi connectivity index (χ0) is 23.9. The van der Waals surface area contributed by atoms with Crippen molar-refractivity contribution < 1.29 is 14.6 Å². The molecule has 3 aromatic heterocycles. The van der Waals surface area contributed by atoms with E-state index in [1.54, 1.807) is 10.9 Å². The van der Waals surface area contributed by atoms with Gasteiger partial charge in [-0.1, -0.05) is 19.4 Å². The van der Waals surface area contributed by atoms with Crippen LogP contribution in [0.3, 0.4) is 0 Å². The Balaban J connectivity index is 1.62. The molecule has 1 amide bonds. The molecule has 1 aliphatic rings. The lowest BCUT2D eigenvalue weighted by molar-refractivity contribution is 0.207. The fourth-order valence-electron chi connectivity index (χ4n) is 4.38. The third kappa shape index (κ3) is 5.78. The Kier molecular flexibility index (Phi) is 7.86. The van der Waals surface area contributed by atoms with Crippen LogP contribution in [0.2, 0.25) is 0 Å². The summed E-state index contributed by atoms with van der Waals surface area (Å²) < 4.78 is 6.74. The molecule has 11 nitrogen and oxygen atoms in total. The SMILES string of the molecule is CCCC(CCO)Nc1nc(OC(N)=O)nc2cnn(Cc3ccc(C4CCNCC4)nc3)c12. The van der Waals surface area contributed by atoms with Crippen LogP contribution in [-0.2, 0) is 6.54 Å². The van der Waals surface area contributed by atoms with Crippen LogP contribution < -0.4 is 21.1 Å². The number of aliphatic hydroxyl groups excluding tert-OH is 1. The van der Waals surface area contributed by atoms with Gasteiger partial charge >= 0.3 is 12.1 Å². The second-order valence-electron chi connectivity index (χ2n) is 8.57. The number of hydrogen-bond acceptors (Lipinski definition) is 9. The maximum absolute atomic E-state index is 11.3. The summed E-state index contributed by atoms with van der Waals surface area (Å²) in [5.41, 5.74) is 8.49. The molecule has 34 heavy (non-hydrogen) atoms. The van der Waals surface area contributed by atoms with Gasteiger partial charge in [0, 0.05) is 30.5 Å². The number of nitrogens with zero attached hydrogens (tertiary/aromatic N) is 5. The van der Waals surface area contributed by atoms with Crippen LogP contribution in [0.5, 0.6) is 6.01 Å². The topological polar surface area (TPSA) is 153 Å². The number of piperidine rings is 1. The normalized spacial score (nSPS) is 15.4. The number of amides is 1. The number of fused-ring (bicyclic) bond motifs is 1. The molecule has 1 fully saturated rings. The first-order valence-corrected chi connectivity index (χ1v) is 11.8. The van der Waals surface area contributed by atoms with Crippen LogP contribution in [0.1, 0.15) is 56.2 Å². The number of carbonyl (C=O) groups excluding carboxylic acids is 1. The fourth-order valence-corrected chi connectivity index (χ4v) is 4.38. The van der Waals surface area contributed by atoms with Gasteiger partial charge in [0.05, 0.1) is 12.7 Å². The first kappa shape index (κ1) is 23.8. The first-order valence-electron chi connectivity index (χ1n) is 11.8. The fraction of sp³-hybridized carbons (Fsp3) is 0.522. The lowest BCUT2D eigenvalue weighted by Crippen LogP contribution is -2.27. The smallest absolute Gasteiger partial charge is 0.396 e. The molecule has 0 radical (unpaired) electrons. The Morgan fingerprint density at radius 1 is 1.29 bits per heavy atom. The Morgan fingerprint density at radius 3 is 2.79 bits per heavy atom. The maximum atomic E-state index is 11.3. The predicted octanol–water partition coefficient (Wildman–Crippen LogP) is 2.16. The highest BCUT2D eigenvalue weighted by Crippen LogP contribution is 2.27. The summed E-state index contributed by atoms with van der Waals surface area (Å²) in [7, 11) is 0. The molecule has 4 heterocycles. The van der Waals surface area contributed by atoms with Crippen molar-refractivity contribution >= 4 is 22.9 Å². The molecule has 1 atom stereocenters. The number of carbonyl (C=O) groups is 1. The van der Waals surface area contributed by atoms with Crippen LogP contribution in [0.4, 0.5) is 10.6 Å². The highest BCUT2D eigenvalue weighted by Gasteiger charge is 2.19. The summed E-state index contributed by atoms with van der Waals surface area (Å²) in [6, 6.07) is 4.03. The number of rotatable bonds is 10. The standard InChI is InChI=1S/C23H32N8O3/c1-2-3-17(8-11-32)28-21-20-19(29-23(30-21)34-22(24)33)13-27-31(20)14-15-4-5-18(26-12-15)16-6-9-25-10-7-16/h4-5,12-13,16-17,25,32H,2-3,6-11,14H2,1H3,(H2,24,33)(H,28,29,30). The van der Waals surface area contributed by atoms with E-state index in [2.05, 4.69) is 44.8 Å². The van der Waals surface area contributed by atoms with E-state index < -0.39 is 6.09 Å². The van der Waals surface area contributed by atoms with E-state index in [4.69, 9.17) is 15.5 Å². The Bertz CT molecular complexity index is 1090. The van der Waals surface area contributed by atoms with Crippen molar-refractivity contribution in [3.05, 3.63) is 35.8 Å². The van der Waals surface area contributed by atoms with Gasteiger partial charge < -0.3 is 26.2 Å². The van der Waals surface area contributed by atoms with Crippen LogP contribution in [0.15, 0.2) is 24.5 Å². The van der Waals surface area contributed by atoms with Crippen molar-refractivity contribution in [1.29, 1.82) is 0 Å². The molecule has 0 spiro atoms. The van der Waals surface area contributed by atoms with Crippen molar-refractivity contribution in [2.24, 2.45) is 5.73 Å². The molecule has 1 unspecified atom stereocenters. The zero-order valence-corrected chi connectivity index (χ0v) is 19.4. The molecule has 3 aromatic rings. The Hall–Kier alpha value is -3.31. The van der Waals surface area contributed by atoms with Gasteiger partial charge in [-0.15, -0.1) is 0 Å². The Morgan fingerprint density at radius 2 is 2.12 bits per heavy atom. The van der Waals surface area contributed by atoms with Crippen molar-refractivity contribution in [2.75, 3.05) is 25.0 Å². The minimum atomic E-state index is -0.988. The molecule has 4 rings (SSSR count). The lowest BCUT2D eigenvalue weighted by Gasteiger charge is -2.22. The van der Waals surface area contributed by atoms with Gasteiger partial charge in [-0.3, -0.25) is 9.67 Å². The van der Waals surface area contributed by atoms with Gasteiger partial charge in [0.1, 0.15) is 11.0 Å². The Labute approximate surface area is 198 Å². The van der Waals surface area contributed by atoms with Crippen molar-refractivity contribution in [3.63, 3.8) is 0 Å². The van der Waals surface area contributed by atoms with E-state index >= 15 is 0 Å². The highest BCUT2D eigenvalue weighted by atomic mass is 16.6.